The van der Waals surface area contributed by atoms with Crippen molar-refractivity contribution >= 4 is 33.3 Å². The molecule has 0 atom stereocenters. The maximum absolute atomic E-state index is 12.2. The molecule has 0 aliphatic rings. The van der Waals surface area contributed by atoms with Crippen molar-refractivity contribution in [3.63, 3.8) is 0 Å². The minimum atomic E-state index is -3.46. The molecule has 0 heterocycles. The van der Waals surface area contributed by atoms with E-state index in [2.05, 4.69) is 10.1 Å². The molecule has 0 spiro atoms. The van der Waals surface area contributed by atoms with Crippen molar-refractivity contribution in [1.29, 1.82) is 0 Å². The van der Waals surface area contributed by atoms with Crippen LogP contribution in [0.25, 0.3) is 0 Å². The van der Waals surface area contributed by atoms with Crippen LogP contribution < -0.4 is 9.62 Å². The van der Waals surface area contributed by atoms with E-state index >= 15 is 0 Å². The van der Waals surface area contributed by atoms with Gasteiger partial charge in [0.25, 0.3) is 0 Å². The number of nitrogens with one attached hydrogen (secondary N) is 1. The van der Waals surface area contributed by atoms with Crippen LogP contribution in [-0.4, -0.2) is 40.2 Å². The summed E-state index contributed by atoms with van der Waals surface area (Å²) in [6, 6.07) is 11.8. The van der Waals surface area contributed by atoms with Gasteiger partial charge in [0.1, 0.15) is 0 Å². The molecule has 0 radical (unpaired) electrons. The highest BCUT2D eigenvalue weighted by Gasteiger charge is 2.18. The largest absolute Gasteiger partial charge is 0.465 e. The predicted molar refractivity (Wildman–Crippen MR) is 114 cm³/mol. The molecular formula is C21H26N2O5S. The van der Waals surface area contributed by atoms with E-state index in [9.17, 15) is 18.0 Å². The van der Waals surface area contributed by atoms with E-state index in [0.717, 1.165) is 17.4 Å². The van der Waals surface area contributed by atoms with Crippen molar-refractivity contribution in [3.8, 4) is 0 Å². The first-order valence-corrected chi connectivity index (χ1v) is 11.0. The minimum Gasteiger partial charge on any atom is -0.465 e. The monoisotopic (exact) mass is 418 g/mol. The van der Waals surface area contributed by atoms with Gasteiger partial charge in [-0.25, -0.2) is 13.2 Å². The molecule has 0 saturated carbocycles. The number of rotatable bonds is 8. The summed E-state index contributed by atoms with van der Waals surface area (Å²) in [6.07, 6.45) is 1.69. The van der Waals surface area contributed by atoms with E-state index < -0.39 is 16.0 Å². The van der Waals surface area contributed by atoms with Gasteiger partial charge < -0.3 is 10.1 Å². The van der Waals surface area contributed by atoms with Gasteiger partial charge in [-0.3, -0.25) is 9.10 Å². The molecule has 0 aliphatic carbocycles. The maximum Gasteiger partial charge on any atom is 0.337 e. The number of hydrogen-bond donors (Lipinski definition) is 1. The summed E-state index contributed by atoms with van der Waals surface area (Å²) >= 11 is 0. The zero-order valence-electron chi connectivity index (χ0n) is 17.1. The van der Waals surface area contributed by atoms with Gasteiger partial charge in [-0.2, -0.15) is 0 Å². The van der Waals surface area contributed by atoms with Crippen LogP contribution in [-0.2, 0) is 19.6 Å². The summed E-state index contributed by atoms with van der Waals surface area (Å²) in [5.41, 5.74) is 3.62. The molecule has 0 aliphatic heterocycles. The van der Waals surface area contributed by atoms with Gasteiger partial charge in [0.15, 0.2) is 0 Å². The predicted octanol–water partition coefficient (Wildman–Crippen LogP) is 3.27. The first-order valence-electron chi connectivity index (χ1n) is 9.15. The molecular weight excluding hydrogens is 392 g/mol. The Morgan fingerprint density at radius 1 is 1.03 bits per heavy atom. The average Bonchev–Trinajstić information content (AvgIpc) is 2.66. The lowest BCUT2D eigenvalue weighted by atomic mass is 10.1. The molecule has 0 aromatic heterocycles. The molecule has 2 aromatic carbocycles. The first-order chi connectivity index (χ1) is 13.6. The fourth-order valence-corrected chi connectivity index (χ4v) is 3.74. The van der Waals surface area contributed by atoms with E-state index in [1.54, 1.807) is 30.3 Å². The fraction of sp³-hybridized carbons (Fsp3) is 0.333. The van der Waals surface area contributed by atoms with Gasteiger partial charge in [0.05, 0.1) is 24.6 Å². The molecule has 1 amide bonds. The van der Waals surface area contributed by atoms with Gasteiger partial charge in [-0.1, -0.05) is 6.07 Å². The minimum absolute atomic E-state index is 0.162. The van der Waals surface area contributed by atoms with Gasteiger partial charge in [0.2, 0.25) is 15.9 Å². The Balaban J connectivity index is 1.96. The van der Waals surface area contributed by atoms with Crippen LogP contribution in [0, 0.1) is 13.8 Å². The highest BCUT2D eigenvalue weighted by molar-refractivity contribution is 7.92. The Hall–Kier alpha value is -2.87. The number of aryl methyl sites for hydroxylation is 2. The summed E-state index contributed by atoms with van der Waals surface area (Å²) in [7, 11) is -2.16. The van der Waals surface area contributed by atoms with E-state index in [1.165, 1.54) is 11.4 Å². The van der Waals surface area contributed by atoms with E-state index in [1.807, 2.05) is 26.0 Å². The number of carbonyl (C=O) groups is 2. The molecule has 0 bridgehead atoms. The second kappa shape index (κ2) is 9.56. The van der Waals surface area contributed by atoms with Crippen LogP contribution in [0.4, 0.5) is 11.4 Å². The van der Waals surface area contributed by atoms with Gasteiger partial charge in [-0.05, 0) is 67.8 Å². The highest BCUT2D eigenvalue weighted by Crippen LogP contribution is 2.22. The number of sulfonamides is 1. The number of ether oxygens (including phenoxy) is 1. The lowest BCUT2D eigenvalue weighted by Gasteiger charge is -2.23. The van der Waals surface area contributed by atoms with E-state index in [0.29, 0.717) is 23.4 Å². The topological polar surface area (TPSA) is 92.8 Å². The number of benzene rings is 2. The molecule has 8 heteroatoms. The zero-order valence-corrected chi connectivity index (χ0v) is 17.9. The van der Waals surface area contributed by atoms with Crippen LogP contribution in [0.3, 0.4) is 0 Å². The number of anilines is 2. The third-order valence-electron chi connectivity index (χ3n) is 4.53. The first kappa shape index (κ1) is 22.4. The quantitative estimate of drug-likeness (QED) is 0.664. The van der Waals surface area contributed by atoms with Crippen LogP contribution in [0.5, 0.6) is 0 Å². The fourth-order valence-electron chi connectivity index (χ4n) is 2.78. The molecule has 0 saturated heterocycles. The molecule has 0 fully saturated rings. The average molecular weight is 419 g/mol. The summed E-state index contributed by atoms with van der Waals surface area (Å²) in [4.78, 5) is 23.6. The summed E-state index contributed by atoms with van der Waals surface area (Å²) < 4.78 is 30.3. The lowest BCUT2D eigenvalue weighted by Crippen LogP contribution is -2.31. The second-order valence-corrected chi connectivity index (χ2v) is 8.73. The van der Waals surface area contributed by atoms with Gasteiger partial charge in [-0.15, -0.1) is 0 Å². The Labute approximate surface area is 171 Å². The van der Waals surface area contributed by atoms with E-state index in [4.69, 9.17) is 0 Å². The summed E-state index contributed by atoms with van der Waals surface area (Å²) in [5.74, 6) is -0.681. The molecule has 2 aromatic rings. The second-order valence-electron chi connectivity index (χ2n) is 6.82. The number of esters is 1. The third kappa shape index (κ3) is 6.32. The van der Waals surface area contributed by atoms with Crippen molar-refractivity contribution in [1.82, 2.24) is 0 Å². The van der Waals surface area contributed by atoms with Crippen molar-refractivity contribution in [3.05, 3.63) is 59.2 Å². The van der Waals surface area contributed by atoms with Crippen LogP contribution in [0.1, 0.15) is 34.3 Å². The Morgan fingerprint density at radius 3 is 2.24 bits per heavy atom. The normalized spacial score (nSPS) is 11.0. The van der Waals surface area contributed by atoms with E-state index in [-0.39, 0.29) is 18.9 Å². The Morgan fingerprint density at radius 2 is 1.69 bits per heavy atom. The number of carbonyl (C=O) groups excluding carboxylic acids is 2. The smallest absolute Gasteiger partial charge is 0.337 e. The molecule has 1 N–H and O–H groups in total. The van der Waals surface area contributed by atoms with Gasteiger partial charge in [0, 0.05) is 18.7 Å². The van der Waals surface area contributed by atoms with Crippen molar-refractivity contribution < 1.29 is 22.7 Å². The van der Waals surface area contributed by atoms with Crippen molar-refractivity contribution in [2.24, 2.45) is 0 Å². The molecule has 29 heavy (non-hydrogen) atoms. The lowest BCUT2D eigenvalue weighted by molar-refractivity contribution is -0.116. The molecule has 156 valence electrons. The summed E-state index contributed by atoms with van der Waals surface area (Å²) in [6.45, 7) is 4.10. The van der Waals surface area contributed by atoms with Crippen molar-refractivity contribution in [2.45, 2.75) is 26.7 Å². The van der Waals surface area contributed by atoms with Crippen LogP contribution in [0.2, 0.25) is 0 Å². The standard InChI is InChI=1S/C21H26N2O5S/c1-15-7-12-19(14-16(15)2)23(29(4,26)27)13-5-6-20(24)22-18-10-8-17(9-11-18)21(25)28-3/h7-12,14H,5-6,13H2,1-4H3,(H,22,24). The van der Waals surface area contributed by atoms with Crippen molar-refractivity contribution in [2.75, 3.05) is 29.5 Å². The number of methoxy groups -OCH3 is 1. The van der Waals surface area contributed by atoms with Crippen LogP contribution >= 0.6 is 0 Å². The van der Waals surface area contributed by atoms with Crippen LogP contribution in [0.15, 0.2) is 42.5 Å². The molecule has 7 nitrogen and oxygen atoms in total. The molecule has 0 unspecified atom stereocenters. The Bertz CT molecular complexity index is 985. The van der Waals surface area contributed by atoms with Gasteiger partial charge >= 0.3 is 5.97 Å². The summed E-state index contributed by atoms with van der Waals surface area (Å²) in [5, 5.41) is 2.74. The highest BCUT2D eigenvalue weighted by atomic mass is 32.2. The maximum atomic E-state index is 12.2. The Kier molecular flexibility index (Phi) is 7.39. The molecule has 2 rings (SSSR count). The number of hydrogen-bond acceptors (Lipinski definition) is 5. The number of nitrogens with zero attached hydrogens (tertiary/aromatic N) is 1. The zero-order chi connectivity index (χ0) is 21.6. The SMILES string of the molecule is COC(=O)c1ccc(NC(=O)CCCN(c2ccc(C)c(C)c2)S(C)(=O)=O)cc1. The number of amides is 1. The third-order valence-corrected chi connectivity index (χ3v) is 5.73.